The van der Waals surface area contributed by atoms with Crippen LogP contribution in [0.2, 0.25) is 0 Å². The molecule has 1 saturated heterocycles. The number of nitrogen functional groups attached to an aromatic ring is 1. The molecule has 1 unspecified atom stereocenters. The molecule has 1 aliphatic rings. The lowest BCUT2D eigenvalue weighted by atomic mass is 9.89. The molecule has 1 amide bonds. The maximum absolute atomic E-state index is 13.0. The second kappa shape index (κ2) is 10.1. The van der Waals surface area contributed by atoms with Gasteiger partial charge >= 0.3 is 0 Å². The Morgan fingerprint density at radius 2 is 2.09 bits per heavy atom. The number of aryl methyl sites for hydroxylation is 1. The molecule has 0 spiro atoms. The number of fused-ring (bicyclic) bond motifs is 1. The molecule has 4 rings (SSSR count). The summed E-state index contributed by atoms with van der Waals surface area (Å²) in [7, 11) is 4.10. The fourth-order valence-corrected chi connectivity index (χ4v) is 4.61. The molecule has 9 heteroatoms. The first-order valence-corrected chi connectivity index (χ1v) is 11.8. The standard InChI is InChI=1S/C25H35N7O2/c1-16-5-7-21(18-6-8-22-19(12-18)13-28-32(22)10-9-30(3)4)31(15-16)25(34)24(33)29-20-11-17(2)23(26)27-14-20/h6,8,11-14,16,21,25,34H,5,7,9-10,15H2,1-4H3,(H2,26,27)(H,29,33)/t16-,21+,25?/m1/s1. The van der Waals surface area contributed by atoms with E-state index in [-0.39, 0.29) is 6.04 Å². The Labute approximate surface area is 200 Å². The van der Waals surface area contributed by atoms with Gasteiger partial charge < -0.3 is 21.1 Å². The number of nitrogens with one attached hydrogen (secondary N) is 1. The summed E-state index contributed by atoms with van der Waals surface area (Å²) in [5, 5.41) is 19.5. The number of piperidine rings is 1. The number of anilines is 2. The number of hydrogen-bond acceptors (Lipinski definition) is 7. The van der Waals surface area contributed by atoms with Crippen LogP contribution >= 0.6 is 0 Å². The summed E-state index contributed by atoms with van der Waals surface area (Å²) in [6, 6.07) is 8.03. The average molecular weight is 466 g/mol. The van der Waals surface area contributed by atoms with Crippen LogP contribution in [0, 0.1) is 12.8 Å². The van der Waals surface area contributed by atoms with Crippen LogP contribution in [0.15, 0.2) is 36.7 Å². The maximum Gasteiger partial charge on any atom is 0.268 e. The van der Waals surface area contributed by atoms with Crippen molar-refractivity contribution in [3.05, 3.63) is 47.8 Å². The number of hydrogen-bond donors (Lipinski definition) is 3. The normalized spacial score (nSPS) is 20.1. The molecule has 0 radical (unpaired) electrons. The highest BCUT2D eigenvalue weighted by Crippen LogP contribution is 2.36. The van der Waals surface area contributed by atoms with Crippen LogP contribution in [0.1, 0.15) is 36.9 Å². The van der Waals surface area contributed by atoms with Crippen molar-refractivity contribution in [2.24, 2.45) is 5.92 Å². The Hall–Kier alpha value is -3.01. The lowest BCUT2D eigenvalue weighted by molar-refractivity contribution is -0.139. The molecule has 0 aliphatic carbocycles. The average Bonchev–Trinajstić information content (AvgIpc) is 3.21. The third-order valence-corrected chi connectivity index (χ3v) is 6.60. The minimum Gasteiger partial charge on any atom is -0.383 e. The van der Waals surface area contributed by atoms with E-state index in [1.165, 1.54) is 6.20 Å². The van der Waals surface area contributed by atoms with Gasteiger partial charge in [0.2, 0.25) is 0 Å². The number of rotatable bonds is 7. The summed E-state index contributed by atoms with van der Waals surface area (Å²) in [5.74, 6) is 0.336. The molecule has 1 fully saturated rings. The highest BCUT2D eigenvalue weighted by Gasteiger charge is 2.35. The van der Waals surface area contributed by atoms with Crippen molar-refractivity contribution < 1.29 is 9.90 Å². The van der Waals surface area contributed by atoms with Crippen LogP contribution in [-0.4, -0.2) is 69.0 Å². The summed E-state index contributed by atoms with van der Waals surface area (Å²) in [4.78, 5) is 21.1. The summed E-state index contributed by atoms with van der Waals surface area (Å²) in [6.45, 7) is 6.35. The number of benzene rings is 1. The first kappa shape index (κ1) is 24.1. The fourth-order valence-electron chi connectivity index (χ4n) is 4.61. The Bertz CT molecular complexity index is 1160. The van der Waals surface area contributed by atoms with Gasteiger partial charge in [-0.3, -0.25) is 14.4 Å². The van der Waals surface area contributed by atoms with Crippen molar-refractivity contribution in [3.8, 4) is 0 Å². The van der Waals surface area contributed by atoms with E-state index >= 15 is 0 Å². The molecule has 3 aromatic rings. The molecule has 182 valence electrons. The van der Waals surface area contributed by atoms with Crippen LogP contribution in [0.5, 0.6) is 0 Å². The van der Waals surface area contributed by atoms with E-state index in [1.807, 2.05) is 22.7 Å². The number of likely N-dealkylation sites (N-methyl/N-ethyl adjacent to an activating group) is 1. The van der Waals surface area contributed by atoms with Gasteiger partial charge in [0.15, 0.2) is 6.23 Å². The van der Waals surface area contributed by atoms with Gasteiger partial charge in [0.05, 0.1) is 30.1 Å². The van der Waals surface area contributed by atoms with E-state index in [1.54, 1.807) is 6.07 Å². The Kier molecular flexibility index (Phi) is 7.16. The van der Waals surface area contributed by atoms with E-state index < -0.39 is 12.1 Å². The third-order valence-electron chi connectivity index (χ3n) is 6.60. The molecule has 0 bridgehead atoms. The first-order valence-electron chi connectivity index (χ1n) is 11.8. The first-order chi connectivity index (χ1) is 16.2. The summed E-state index contributed by atoms with van der Waals surface area (Å²) < 4.78 is 2.02. The quantitative estimate of drug-likeness (QED) is 0.492. The zero-order chi connectivity index (χ0) is 24.4. The number of amides is 1. The summed E-state index contributed by atoms with van der Waals surface area (Å²) >= 11 is 0. The number of nitrogens with zero attached hydrogens (tertiary/aromatic N) is 5. The van der Waals surface area contributed by atoms with E-state index in [0.29, 0.717) is 24.0 Å². The third kappa shape index (κ3) is 5.22. The summed E-state index contributed by atoms with van der Waals surface area (Å²) in [5.41, 5.74) is 9.24. The van der Waals surface area contributed by atoms with Gasteiger partial charge in [-0.25, -0.2) is 4.98 Å². The van der Waals surface area contributed by atoms with Crippen molar-refractivity contribution in [1.29, 1.82) is 0 Å². The van der Waals surface area contributed by atoms with Gasteiger partial charge in [-0.05, 0) is 69.1 Å². The van der Waals surface area contributed by atoms with E-state index in [2.05, 4.69) is 59.5 Å². The number of nitrogens with two attached hydrogens (primary N) is 1. The van der Waals surface area contributed by atoms with Gasteiger partial charge in [-0.1, -0.05) is 13.0 Å². The molecule has 3 atom stereocenters. The lowest BCUT2D eigenvalue weighted by Crippen LogP contribution is -2.49. The van der Waals surface area contributed by atoms with E-state index in [4.69, 9.17) is 5.73 Å². The molecule has 3 heterocycles. The number of aliphatic hydroxyl groups excluding tert-OH is 1. The number of pyridine rings is 1. The predicted molar refractivity (Wildman–Crippen MR) is 134 cm³/mol. The Balaban J connectivity index is 1.54. The number of carbonyl (C=O) groups is 1. The van der Waals surface area contributed by atoms with Gasteiger partial charge in [0, 0.05) is 24.5 Å². The van der Waals surface area contributed by atoms with E-state index in [9.17, 15) is 9.90 Å². The molecule has 34 heavy (non-hydrogen) atoms. The zero-order valence-electron chi connectivity index (χ0n) is 20.4. The van der Waals surface area contributed by atoms with Gasteiger partial charge in [-0.2, -0.15) is 5.10 Å². The van der Waals surface area contributed by atoms with Crippen molar-refractivity contribution in [2.45, 2.75) is 45.5 Å². The van der Waals surface area contributed by atoms with Gasteiger partial charge in [-0.15, -0.1) is 0 Å². The number of aromatic nitrogens is 3. The second-order valence-corrected chi connectivity index (χ2v) is 9.67. The topological polar surface area (TPSA) is 113 Å². The minimum atomic E-state index is -1.27. The van der Waals surface area contributed by atoms with Gasteiger partial charge in [0.25, 0.3) is 5.91 Å². The molecule has 9 nitrogen and oxygen atoms in total. The molecule has 0 saturated carbocycles. The molecule has 1 aromatic carbocycles. The number of carbonyl (C=O) groups excluding carboxylic acids is 1. The SMILES string of the molecule is Cc1cc(NC(=O)C(O)N2C[C@H](C)CC[C@H]2c2ccc3c(cnn3CCN(C)C)c2)cnc1N. The number of likely N-dealkylation sites (tertiary alicyclic amines) is 1. The molecular weight excluding hydrogens is 430 g/mol. The maximum atomic E-state index is 13.0. The van der Waals surface area contributed by atoms with Crippen LogP contribution in [-0.2, 0) is 11.3 Å². The Morgan fingerprint density at radius 1 is 1.29 bits per heavy atom. The monoisotopic (exact) mass is 465 g/mol. The minimum absolute atomic E-state index is 0.0576. The van der Waals surface area contributed by atoms with Crippen LogP contribution in [0.3, 0.4) is 0 Å². The summed E-state index contributed by atoms with van der Waals surface area (Å²) in [6.07, 6.45) is 4.03. The fraction of sp³-hybridized carbons (Fsp3) is 0.480. The smallest absolute Gasteiger partial charge is 0.268 e. The highest BCUT2D eigenvalue weighted by atomic mass is 16.3. The number of aliphatic hydroxyl groups is 1. The molecule has 4 N–H and O–H groups in total. The van der Waals surface area contributed by atoms with Crippen LogP contribution in [0.25, 0.3) is 10.9 Å². The van der Waals surface area contributed by atoms with Crippen LogP contribution < -0.4 is 11.1 Å². The highest BCUT2D eigenvalue weighted by molar-refractivity contribution is 5.93. The second-order valence-electron chi connectivity index (χ2n) is 9.67. The van der Waals surface area contributed by atoms with E-state index in [0.717, 1.165) is 48.0 Å². The van der Waals surface area contributed by atoms with Crippen molar-refractivity contribution >= 4 is 28.3 Å². The predicted octanol–water partition coefficient (Wildman–Crippen LogP) is 2.61. The Morgan fingerprint density at radius 3 is 2.82 bits per heavy atom. The molecule has 1 aliphatic heterocycles. The van der Waals surface area contributed by atoms with Crippen molar-refractivity contribution in [1.82, 2.24) is 24.6 Å². The van der Waals surface area contributed by atoms with Gasteiger partial charge in [0.1, 0.15) is 5.82 Å². The largest absolute Gasteiger partial charge is 0.383 e. The van der Waals surface area contributed by atoms with Crippen molar-refractivity contribution in [2.75, 3.05) is 38.2 Å². The zero-order valence-corrected chi connectivity index (χ0v) is 20.4. The van der Waals surface area contributed by atoms with Crippen LogP contribution in [0.4, 0.5) is 11.5 Å². The van der Waals surface area contributed by atoms with Crippen molar-refractivity contribution in [3.63, 3.8) is 0 Å². The molecule has 2 aromatic heterocycles. The lowest BCUT2D eigenvalue weighted by Gasteiger charge is -2.41. The molecular formula is C25H35N7O2.